The highest BCUT2D eigenvalue weighted by Crippen LogP contribution is 2.11. The number of ether oxygens (including phenoxy) is 2. The van der Waals surface area contributed by atoms with E-state index in [9.17, 15) is 0 Å². The van der Waals surface area contributed by atoms with E-state index in [1.807, 2.05) is 0 Å². The van der Waals surface area contributed by atoms with Gasteiger partial charge < -0.3 is 14.4 Å². The molecule has 1 saturated heterocycles. The molecule has 0 radical (unpaired) electrons. The minimum Gasteiger partial charge on any atom is -0.385 e. The molecule has 3 heteroatoms. The second-order valence-electron chi connectivity index (χ2n) is 3.29. The molecule has 1 rings (SSSR count). The zero-order valence-corrected chi connectivity index (χ0v) is 8.08. The Labute approximate surface area is 74.6 Å². The van der Waals surface area contributed by atoms with Crippen molar-refractivity contribution in [3.63, 3.8) is 0 Å². The Kier molecular flexibility index (Phi) is 4.58. The van der Waals surface area contributed by atoms with Crippen LogP contribution in [0.5, 0.6) is 0 Å². The summed E-state index contributed by atoms with van der Waals surface area (Å²) < 4.78 is 10.3. The Morgan fingerprint density at radius 3 is 2.83 bits per heavy atom. The molecule has 12 heavy (non-hydrogen) atoms. The average Bonchev–Trinajstić information content (AvgIpc) is 2.53. The first kappa shape index (κ1) is 9.96. The molecular formula is C9H19NO2. The molecule has 0 spiro atoms. The summed E-state index contributed by atoms with van der Waals surface area (Å²) in [6, 6.07) is 0. The molecule has 1 atom stereocenters. The van der Waals surface area contributed by atoms with Crippen molar-refractivity contribution in [1.82, 2.24) is 4.90 Å². The Hall–Kier alpha value is -0.120. The lowest BCUT2D eigenvalue weighted by Crippen LogP contribution is -2.24. The minimum absolute atomic E-state index is 0.465. The Bertz CT molecular complexity index is 119. The summed E-state index contributed by atoms with van der Waals surface area (Å²) in [7, 11) is 3.55. The van der Waals surface area contributed by atoms with Crippen molar-refractivity contribution in [1.29, 1.82) is 0 Å². The van der Waals surface area contributed by atoms with Crippen LogP contribution >= 0.6 is 0 Å². The predicted molar refractivity (Wildman–Crippen MR) is 48.3 cm³/mol. The largest absolute Gasteiger partial charge is 0.385 e. The van der Waals surface area contributed by atoms with E-state index in [0.29, 0.717) is 6.10 Å². The second kappa shape index (κ2) is 5.51. The van der Waals surface area contributed by atoms with Crippen LogP contribution in [0.3, 0.4) is 0 Å². The Morgan fingerprint density at radius 1 is 1.42 bits per heavy atom. The van der Waals surface area contributed by atoms with Crippen LogP contribution in [0.4, 0.5) is 0 Å². The van der Waals surface area contributed by atoms with Gasteiger partial charge in [0.2, 0.25) is 0 Å². The molecule has 0 N–H and O–H groups in total. The van der Waals surface area contributed by atoms with Crippen LogP contribution in [-0.2, 0) is 9.47 Å². The number of rotatable bonds is 5. The van der Waals surface area contributed by atoms with Crippen LogP contribution in [-0.4, -0.2) is 51.5 Å². The number of nitrogens with zero attached hydrogens (tertiary/aromatic N) is 1. The molecule has 0 saturated carbocycles. The summed E-state index contributed by atoms with van der Waals surface area (Å²) in [6.45, 7) is 4.30. The zero-order chi connectivity index (χ0) is 8.81. The van der Waals surface area contributed by atoms with Gasteiger partial charge in [0.25, 0.3) is 0 Å². The van der Waals surface area contributed by atoms with Crippen molar-refractivity contribution >= 4 is 0 Å². The molecule has 0 aliphatic carbocycles. The van der Waals surface area contributed by atoms with Crippen molar-refractivity contribution in [2.24, 2.45) is 0 Å². The fourth-order valence-electron chi connectivity index (χ4n) is 1.63. The fraction of sp³-hybridized carbons (Fsp3) is 1.00. The SMILES string of the molecule is COCCCN1CCC(OC)C1. The summed E-state index contributed by atoms with van der Waals surface area (Å²) >= 11 is 0. The monoisotopic (exact) mass is 173 g/mol. The minimum atomic E-state index is 0.465. The van der Waals surface area contributed by atoms with Crippen LogP contribution in [0.2, 0.25) is 0 Å². The van der Waals surface area contributed by atoms with Gasteiger partial charge in [0.05, 0.1) is 6.10 Å². The van der Waals surface area contributed by atoms with Gasteiger partial charge in [-0.05, 0) is 12.8 Å². The first-order valence-corrected chi connectivity index (χ1v) is 4.61. The quantitative estimate of drug-likeness (QED) is 0.572. The highest BCUT2D eigenvalue weighted by molar-refractivity contribution is 4.75. The van der Waals surface area contributed by atoms with Crippen molar-refractivity contribution in [2.45, 2.75) is 18.9 Å². The van der Waals surface area contributed by atoms with Crippen molar-refractivity contribution in [3.8, 4) is 0 Å². The molecule has 72 valence electrons. The smallest absolute Gasteiger partial charge is 0.0710 e. The van der Waals surface area contributed by atoms with E-state index < -0.39 is 0 Å². The average molecular weight is 173 g/mol. The van der Waals surface area contributed by atoms with Gasteiger partial charge >= 0.3 is 0 Å². The molecular weight excluding hydrogens is 154 g/mol. The van der Waals surface area contributed by atoms with Gasteiger partial charge in [-0.15, -0.1) is 0 Å². The second-order valence-corrected chi connectivity index (χ2v) is 3.29. The molecule has 0 aromatic carbocycles. The van der Waals surface area contributed by atoms with Crippen LogP contribution in [0.15, 0.2) is 0 Å². The van der Waals surface area contributed by atoms with Crippen LogP contribution in [0.25, 0.3) is 0 Å². The van der Waals surface area contributed by atoms with Crippen molar-refractivity contribution in [2.75, 3.05) is 40.5 Å². The Balaban J connectivity index is 2.03. The highest BCUT2D eigenvalue weighted by Gasteiger charge is 2.20. The van der Waals surface area contributed by atoms with Gasteiger partial charge in [0.1, 0.15) is 0 Å². The van der Waals surface area contributed by atoms with Gasteiger partial charge in [-0.25, -0.2) is 0 Å². The first-order chi connectivity index (χ1) is 5.86. The molecule has 0 aromatic rings. The first-order valence-electron chi connectivity index (χ1n) is 4.61. The van der Waals surface area contributed by atoms with E-state index >= 15 is 0 Å². The lowest BCUT2D eigenvalue weighted by molar-refractivity contribution is 0.106. The normalized spacial score (nSPS) is 25.0. The van der Waals surface area contributed by atoms with Crippen LogP contribution < -0.4 is 0 Å². The summed E-state index contributed by atoms with van der Waals surface area (Å²) in [5.74, 6) is 0. The summed E-state index contributed by atoms with van der Waals surface area (Å²) in [5, 5.41) is 0. The highest BCUT2D eigenvalue weighted by atomic mass is 16.5. The van der Waals surface area contributed by atoms with Gasteiger partial charge in [0, 0.05) is 40.5 Å². The van der Waals surface area contributed by atoms with E-state index in [1.54, 1.807) is 14.2 Å². The molecule has 3 nitrogen and oxygen atoms in total. The number of methoxy groups -OCH3 is 2. The molecule has 1 heterocycles. The molecule has 1 unspecified atom stereocenters. The maximum atomic E-state index is 5.27. The van der Waals surface area contributed by atoms with Crippen molar-refractivity contribution in [3.05, 3.63) is 0 Å². The van der Waals surface area contributed by atoms with E-state index in [1.165, 1.54) is 13.0 Å². The molecule has 1 fully saturated rings. The lowest BCUT2D eigenvalue weighted by atomic mass is 10.3. The maximum absolute atomic E-state index is 5.27. The number of hydrogen-bond donors (Lipinski definition) is 0. The fourth-order valence-corrected chi connectivity index (χ4v) is 1.63. The molecule has 0 bridgehead atoms. The van der Waals surface area contributed by atoms with E-state index in [0.717, 1.165) is 26.1 Å². The maximum Gasteiger partial charge on any atom is 0.0710 e. The lowest BCUT2D eigenvalue weighted by Gasteiger charge is -2.14. The third-order valence-corrected chi connectivity index (χ3v) is 2.39. The van der Waals surface area contributed by atoms with Crippen molar-refractivity contribution < 1.29 is 9.47 Å². The van der Waals surface area contributed by atoms with E-state index in [2.05, 4.69) is 4.90 Å². The molecule has 1 aliphatic heterocycles. The zero-order valence-electron chi connectivity index (χ0n) is 8.08. The standard InChI is InChI=1S/C9H19NO2/c1-11-7-3-5-10-6-4-9(8-10)12-2/h9H,3-8H2,1-2H3. The third kappa shape index (κ3) is 3.09. The Morgan fingerprint density at radius 2 is 2.25 bits per heavy atom. The van der Waals surface area contributed by atoms with Gasteiger partial charge in [0.15, 0.2) is 0 Å². The molecule has 1 aliphatic rings. The molecule has 0 amide bonds. The van der Waals surface area contributed by atoms with Crippen LogP contribution in [0.1, 0.15) is 12.8 Å². The number of likely N-dealkylation sites (tertiary alicyclic amines) is 1. The predicted octanol–water partition coefficient (Wildman–Crippen LogP) is 0.744. The van der Waals surface area contributed by atoms with E-state index in [4.69, 9.17) is 9.47 Å². The molecule has 0 aromatic heterocycles. The topological polar surface area (TPSA) is 21.7 Å². The van der Waals surface area contributed by atoms with Crippen LogP contribution in [0, 0.1) is 0 Å². The third-order valence-electron chi connectivity index (χ3n) is 2.39. The summed E-state index contributed by atoms with van der Waals surface area (Å²) in [5.41, 5.74) is 0. The van der Waals surface area contributed by atoms with Gasteiger partial charge in [-0.2, -0.15) is 0 Å². The van der Waals surface area contributed by atoms with Gasteiger partial charge in [-0.3, -0.25) is 0 Å². The summed E-state index contributed by atoms with van der Waals surface area (Å²) in [4.78, 5) is 2.44. The summed E-state index contributed by atoms with van der Waals surface area (Å²) in [6.07, 6.45) is 2.78. The number of hydrogen-bond acceptors (Lipinski definition) is 3. The van der Waals surface area contributed by atoms with E-state index in [-0.39, 0.29) is 0 Å². The van der Waals surface area contributed by atoms with Gasteiger partial charge in [-0.1, -0.05) is 0 Å².